The summed E-state index contributed by atoms with van der Waals surface area (Å²) in [6, 6.07) is 10.9. The standard InChI is InChI=1S/C19H33N3O/c1-5-17(18-11-7-6-8-12-18)15-21-19(23)20-13-9-10-14-22(4)16(2)3/h6-8,11-12,16-17H,5,9-10,13-15H2,1-4H3,(H2,20,21,23). The van der Waals surface area contributed by atoms with Crippen molar-refractivity contribution < 1.29 is 4.79 Å². The predicted octanol–water partition coefficient (Wildman–Crippen LogP) is 3.60. The number of urea groups is 1. The Kier molecular flexibility index (Phi) is 9.37. The van der Waals surface area contributed by atoms with Crippen LogP contribution in [0.4, 0.5) is 4.79 Å². The van der Waals surface area contributed by atoms with E-state index in [0.717, 1.165) is 32.4 Å². The minimum absolute atomic E-state index is 0.0587. The van der Waals surface area contributed by atoms with E-state index in [1.807, 2.05) is 18.2 Å². The Morgan fingerprint density at radius 2 is 1.83 bits per heavy atom. The van der Waals surface area contributed by atoms with Crippen LogP contribution in [0.5, 0.6) is 0 Å². The lowest BCUT2D eigenvalue weighted by molar-refractivity contribution is 0.238. The molecule has 4 heteroatoms. The van der Waals surface area contributed by atoms with E-state index >= 15 is 0 Å². The predicted molar refractivity (Wildman–Crippen MR) is 97.9 cm³/mol. The smallest absolute Gasteiger partial charge is 0.314 e. The molecule has 1 aromatic carbocycles. The third-order valence-electron chi connectivity index (χ3n) is 4.38. The maximum absolute atomic E-state index is 11.9. The summed E-state index contributed by atoms with van der Waals surface area (Å²) in [4.78, 5) is 14.2. The molecule has 0 fully saturated rings. The molecule has 1 unspecified atom stereocenters. The first kappa shape index (κ1) is 19.5. The van der Waals surface area contributed by atoms with Crippen molar-refractivity contribution in [2.75, 3.05) is 26.7 Å². The molecular weight excluding hydrogens is 286 g/mol. The summed E-state index contributed by atoms with van der Waals surface area (Å²) in [6.07, 6.45) is 3.14. The molecule has 2 N–H and O–H groups in total. The third-order valence-corrected chi connectivity index (χ3v) is 4.38. The fourth-order valence-electron chi connectivity index (χ4n) is 2.45. The zero-order chi connectivity index (χ0) is 17.1. The molecule has 0 aliphatic heterocycles. The maximum Gasteiger partial charge on any atom is 0.314 e. The highest BCUT2D eigenvalue weighted by molar-refractivity contribution is 5.73. The molecule has 0 heterocycles. The molecule has 23 heavy (non-hydrogen) atoms. The summed E-state index contributed by atoms with van der Waals surface area (Å²) in [5.74, 6) is 0.377. The van der Waals surface area contributed by atoms with Crippen LogP contribution in [0.1, 0.15) is 51.5 Å². The van der Waals surface area contributed by atoms with Gasteiger partial charge in [0.2, 0.25) is 0 Å². The van der Waals surface area contributed by atoms with Gasteiger partial charge in [0, 0.05) is 25.0 Å². The Labute approximate surface area is 141 Å². The Balaban J connectivity index is 2.16. The highest BCUT2D eigenvalue weighted by atomic mass is 16.2. The van der Waals surface area contributed by atoms with Crippen molar-refractivity contribution >= 4 is 6.03 Å². The average Bonchev–Trinajstić information content (AvgIpc) is 2.55. The topological polar surface area (TPSA) is 44.4 Å². The molecule has 4 nitrogen and oxygen atoms in total. The average molecular weight is 319 g/mol. The van der Waals surface area contributed by atoms with Crippen LogP contribution in [0.25, 0.3) is 0 Å². The lowest BCUT2D eigenvalue weighted by Gasteiger charge is -2.20. The van der Waals surface area contributed by atoms with E-state index in [1.165, 1.54) is 5.56 Å². The van der Waals surface area contributed by atoms with E-state index < -0.39 is 0 Å². The molecule has 0 spiro atoms. The van der Waals surface area contributed by atoms with Crippen molar-refractivity contribution in [2.45, 2.75) is 52.0 Å². The second kappa shape index (κ2) is 11.1. The van der Waals surface area contributed by atoms with Gasteiger partial charge in [0.25, 0.3) is 0 Å². The molecule has 1 rings (SSSR count). The van der Waals surface area contributed by atoms with Crippen molar-refractivity contribution in [3.8, 4) is 0 Å². The van der Waals surface area contributed by atoms with Crippen LogP contribution < -0.4 is 10.6 Å². The fraction of sp³-hybridized carbons (Fsp3) is 0.632. The van der Waals surface area contributed by atoms with Gasteiger partial charge in [-0.15, -0.1) is 0 Å². The number of nitrogens with zero attached hydrogens (tertiary/aromatic N) is 1. The van der Waals surface area contributed by atoms with Gasteiger partial charge in [-0.2, -0.15) is 0 Å². The minimum atomic E-state index is -0.0587. The van der Waals surface area contributed by atoms with Gasteiger partial charge >= 0.3 is 6.03 Å². The Bertz CT molecular complexity index is 434. The van der Waals surface area contributed by atoms with Gasteiger partial charge in [-0.25, -0.2) is 4.79 Å². The summed E-state index contributed by atoms with van der Waals surface area (Å²) in [5.41, 5.74) is 1.28. The highest BCUT2D eigenvalue weighted by Gasteiger charge is 2.10. The molecular formula is C19H33N3O. The lowest BCUT2D eigenvalue weighted by atomic mass is 9.97. The fourth-order valence-corrected chi connectivity index (χ4v) is 2.45. The SMILES string of the molecule is CCC(CNC(=O)NCCCCN(C)C(C)C)c1ccccc1. The molecule has 1 aromatic rings. The number of benzene rings is 1. The van der Waals surface area contributed by atoms with E-state index in [2.05, 4.69) is 55.5 Å². The van der Waals surface area contributed by atoms with Crippen LogP contribution in [0.15, 0.2) is 30.3 Å². The zero-order valence-electron chi connectivity index (χ0n) is 15.1. The molecule has 1 atom stereocenters. The van der Waals surface area contributed by atoms with E-state index in [9.17, 15) is 4.79 Å². The number of unbranched alkanes of at least 4 members (excludes halogenated alkanes) is 1. The molecule has 0 aromatic heterocycles. The third kappa shape index (κ3) is 8.03. The number of hydrogen-bond donors (Lipinski definition) is 2. The summed E-state index contributed by atoms with van der Waals surface area (Å²) in [7, 11) is 2.14. The molecule has 0 aliphatic rings. The summed E-state index contributed by atoms with van der Waals surface area (Å²) >= 11 is 0. The summed E-state index contributed by atoms with van der Waals surface area (Å²) < 4.78 is 0. The molecule has 0 radical (unpaired) electrons. The quantitative estimate of drug-likeness (QED) is 0.647. The van der Waals surface area contributed by atoms with Crippen molar-refractivity contribution in [2.24, 2.45) is 0 Å². The van der Waals surface area contributed by atoms with E-state index in [-0.39, 0.29) is 6.03 Å². The van der Waals surface area contributed by atoms with Crippen molar-refractivity contribution in [1.29, 1.82) is 0 Å². The summed E-state index contributed by atoms with van der Waals surface area (Å²) in [6.45, 7) is 9.04. The molecule has 0 saturated heterocycles. The number of carbonyl (C=O) groups is 1. The minimum Gasteiger partial charge on any atom is -0.338 e. The lowest BCUT2D eigenvalue weighted by Crippen LogP contribution is -2.38. The Morgan fingerprint density at radius 3 is 2.43 bits per heavy atom. The first-order valence-corrected chi connectivity index (χ1v) is 8.81. The van der Waals surface area contributed by atoms with Crippen LogP contribution >= 0.6 is 0 Å². The number of hydrogen-bond acceptors (Lipinski definition) is 2. The zero-order valence-corrected chi connectivity index (χ0v) is 15.1. The molecule has 0 saturated carbocycles. The Morgan fingerprint density at radius 1 is 1.13 bits per heavy atom. The second-order valence-corrected chi connectivity index (χ2v) is 6.43. The van der Waals surface area contributed by atoms with Crippen LogP contribution in [0.2, 0.25) is 0 Å². The highest BCUT2D eigenvalue weighted by Crippen LogP contribution is 2.17. The van der Waals surface area contributed by atoms with Crippen LogP contribution in [0.3, 0.4) is 0 Å². The van der Waals surface area contributed by atoms with Crippen molar-refractivity contribution in [3.05, 3.63) is 35.9 Å². The number of rotatable bonds is 10. The van der Waals surface area contributed by atoms with Gasteiger partial charge in [-0.1, -0.05) is 37.3 Å². The van der Waals surface area contributed by atoms with E-state index in [0.29, 0.717) is 18.5 Å². The second-order valence-electron chi connectivity index (χ2n) is 6.43. The number of carbonyl (C=O) groups excluding carboxylic acids is 1. The van der Waals surface area contributed by atoms with Gasteiger partial charge in [-0.05, 0) is 52.3 Å². The van der Waals surface area contributed by atoms with Gasteiger partial charge in [-0.3, -0.25) is 0 Å². The number of nitrogens with one attached hydrogen (secondary N) is 2. The molecule has 0 bridgehead atoms. The normalized spacial score (nSPS) is 12.4. The van der Waals surface area contributed by atoms with Gasteiger partial charge in [0.15, 0.2) is 0 Å². The monoisotopic (exact) mass is 319 g/mol. The maximum atomic E-state index is 11.9. The van der Waals surface area contributed by atoms with Crippen LogP contribution in [0, 0.1) is 0 Å². The Hall–Kier alpha value is -1.55. The molecule has 0 aliphatic carbocycles. The largest absolute Gasteiger partial charge is 0.338 e. The number of amides is 2. The first-order valence-electron chi connectivity index (χ1n) is 8.81. The summed E-state index contributed by atoms with van der Waals surface area (Å²) in [5, 5.41) is 5.94. The van der Waals surface area contributed by atoms with Crippen LogP contribution in [-0.2, 0) is 0 Å². The van der Waals surface area contributed by atoms with Crippen LogP contribution in [-0.4, -0.2) is 43.7 Å². The van der Waals surface area contributed by atoms with Gasteiger partial charge < -0.3 is 15.5 Å². The molecule has 2 amide bonds. The van der Waals surface area contributed by atoms with Gasteiger partial charge in [0.05, 0.1) is 0 Å². The van der Waals surface area contributed by atoms with Crippen molar-refractivity contribution in [3.63, 3.8) is 0 Å². The van der Waals surface area contributed by atoms with Crippen molar-refractivity contribution in [1.82, 2.24) is 15.5 Å². The van der Waals surface area contributed by atoms with E-state index in [1.54, 1.807) is 0 Å². The van der Waals surface area contributed by atoms with Gasteiger partial charge in [0.1, 0.15) is 0 Å². The first-order chi connectivity index (χ1) is 11.0. The molecule has 130 valence electrons. The van der Waals surface area contributed by atoms with E-state index in [4.69, 9.17) is 0 Å².